The number of carbonyl (C=O) groups is 1. The minimum Gasteiger partial charge on any atom is -0.457 e. The molecule has 130 valence electrons. The van der Waals surface area contributed by atoms with E-state index in [0.29, 0.717) is 37.0 Å². The summed E-state index contributed by atoms with van der Waals surface area (Å²) in [6.07, 6.45) is 3.29. The first-order valence-corrected chi connectivity index (χ1v) is 9.95. The van der Waals surface area contributed by atoms with E-state index in [4.69, 9.17) is 33.0 Å². The number of hydrogen-bond acceptors (Lipinski definition) is 6. The number of hydrogen-bond donors (Lipinski definition) is 1. The number of ketones is 1. The van der Waals surface area contributed by atoms with Gasteiger partial charge in [-0.05, 0) is 30.3 Å². The van der Waals surface area contributed by atoms with E-state index in [2.05, 4.69) is 4.98 Å². The molecule has 1 fully saturated rings. The maximum Gasteiger partial charge on any atom is 0.186 e. The summed E-state index contributed by atoms with van der Waals surface area (Å²) in [7, 11) is 0. The lowest BCUT2D eigenvalue weighted by atomic mass is 10.1. The predicted octanol–water partition coefficient (Wildman–Crippen LogP) is 6.13. The monoisotopic (exact) mass is 420 g/mol. The van der Waals surface area contributed by atoms with E-state index < -0.39 is 5.92 Å². The van der Waals surface area contributed by atoms with Gasteiger partial charge in [0.1, 0.15) is 22.4 Å². The van der Waals surface area contributed by atoms with Crippen LogP contribution in [0.25, 0.3) is 17.4 Å². The maximum absolute atomic E-state index is 12.7. The van der Waals surface area contributed by atoms with Crippen molar-refractivity contribution in [3.63, 3.8) is 0 Å². The molecule has 4 nitrogen and oxygen atoms in total. The molecule has 0 radical (unpaired) electrons. The van der Waals surface area contributed by atoms with Crippen molar-refractivity contribution in [2.75, 3.05) is 0 Å². The number of halogens is 2. The molecule has 0 spiro atoms. The van der Waals surface area contributed by atoms with Crippen molar-refractivity contribution < 1.29 is 9.21 Å². The summed E-state index contributed by atoms with van der Waals surface area (Å²) in [5, 5.41) is 11.7. The van der Waals surface area contributed by atoms with Gasteiger partial charge in [0.25, 0.3) is 0 Å². The van der Waals surface area contributed by atoms with Crippen molar-refractivity contribution >= 4 is 63.2 Å². The molecular formula is C18H10Cl2N2O2S2. The molecule has 1 N–H and O–H groups in total. The molecule has 0 saturated carbocycles. The number of nitrogens with zero attached hydrogens (tertiary/aromatic N) is 1. The fourth-order valence-corrected chi connectivity index (χ4v) is 4.77. The predicted molar refractivity (Wildman–Crippen MR) is 107 cm³/mol. The second-order valence-electron chi connectivity index (χ2n) is 5.45. The van der Waals surface area contributed by atoms with Gasteiger partial charge in [0.15, 0.2) is 5.78 Å². The Bertz CT molecular complexity index is 1040. The Labute approximate surface area is 167 Å². The number of thiazole rings is 1. The van der Waals surface area contributed by atoms with Crippen LogP contribution in [-0.4, -0.2) is 15.8 Å². The molecule has 0 unspecified atom stereocenters. The van der Waals surface area contributed by atoms with E-state index >= 15 is 0 Å². The third-order valence-corrected chi connectivity index (χ3v) is 6.46. The molecule has 3 heterocycles. The number of rotatable bonds is 3. The van der Waals surface area contributed by atoms with Crippen molar-refractivity contribution in [3.05, 3.63) is 67.6 Å². The van der Waals surface area contributed by atoms with Crippen LogP contribution in [-0.2, 0) is 4.79 Å². The molecule has 1 aromatic carbocycles. The average Bonchev–Trinajstić information content (AvgIpc) is 3.33. The topological polar surface area (TPSA) is 67.0 Å². The third-order valence-electron chi connectivity index (χ3n) is 3.80. The molecule has 26 heavy (non-hydrogen) atoms. The first-order chi connectivity index (χ1) is 12.5. The number of nitrogens with one attached hydrogen (secondary N) is 1. The first kappa shape index (κ1) is 17.5. The molecule has 3 aromatic rings. The van der Waals surface area contributed by atoms with E-state index in [1.807, 2.05) is 6.07 Å². The molecule has 0 bridgehead atoms. The highest BCUT2D eigenvalue weighted by molar-refractivity contribution is 8.19. The number of thioether (sulfide) groups is 1. The minimum atomic E-state index is -0.608. The Balaban J connectivity index is 1.64. The minimum absolute atomic E-state index is 0.131. The summed E-state index contributed by atoms with van der Waals surface area (Å²) >= 11 is 14.8. The van der Waals surface area contributed by atoms with Crippen molar-refractivity contribution in [1.82, 2.24) is 4.98 Å². The van der Waals surface area contributed by atoms with Gasteiger partial charge in [0.05, 0.1) is 20.0 Å². The van der Waals surface area contributed by atoms with Crippen LogP contribution in [0.15, 0.2) is 51.2 Å². The highest BCUT2D eigenvalue weighted by Crippen LogP contribution is 2.42. The molecule has 4 rings (SSSR count). The van der Waals surface area contributed by atoms with Crippen LogP contribution < -0.4 is 0 Å². The fourth-order valence-electron chi connectivity index (χ4n) is 2.59. The van der Waals surface area contributed by atoms with Crippen molar-refractivity contribution in [2.24, 2.45) is 0 Å². The van der Waals surface area contributed by atoms with Crippen molar-refractivity contribution in [2.45, 2.75) is 5.92 Å². The Morgan fingerprint density at radius 3 is 2.85 bits per heavy atom. The lowest BCUT2D eigenvalue weighted by Gasteiger charge is -2.02. The largest absolute Gasteiger partial charge is 0.457 e. The highest BCUT2D eigenvalue weighted by Gasteiger charge is 2.38. The van der Waals surface area contributed by atoms with E-state index in [1.165, 1.54) is 11.3 Å². The summed E-state index contributed by atoms with van der Waals surface area (Å²) in [4.78, 5) is 17.3. The van der Waals surface area contributed by atoms with Gasteiger partial charge in [0, 0.05) is 17.1 Å². The first-order valence-electron chi connectivity index (χ1n) is 7.50. The number of furan rings is 1. The Morgan fingerprint density at radius 2 is 2.08 bits per heavy atom. The SMILES string of the molecule is N=C1S/C(=C\c2ccc(-c3cccc(Cl)c3Cl)o2)C(=O)[C@H]1c1nccs1. The summed E-state index contributed by atoms with van der Waals surface area (Å²) in [6.45, 7) is 0. The average molecular weight is 421 g/mol. The van der Waals surface area contributed by atoms with E-state index in [1.54, 1.807) is 41.9 Å². The summed E-state index contributed by atoms with van der Waals surface area (Å²) in [5.41, 5.74) is 0.683. The van der Waals surface area contributed by atoms with Crippen LogP contribution in [0.2, 0.25) is 10.0 Å². The smallest absolute Gasteiger partial charge is 0.186 e. The summed E-state index contributed by atoms with van der Waals surface area (Å²) in [6, 6.07) is 8.84. The third kappa shape index (κ3) is 3.14. The molecule has 1 saturated heterocycles. The zero-order valence-electron chi connectivity index (χ0n) is 13.0. The number of allylic oxidation sites excluding steroid dienone is 1. The second-order valence-corrected chi connectivity index (χ2v) is 8.24. The van der Waals surface area contributed by atoms with Crippen molar-refractivity contribution in [3.8, 4) is 11.3 Å². The van der Waals surface area contributed by atoms with Gasteiger partial charge in [-0.3, -0.25) is 10.2 Å². The molecule has 1 aliphatic rings. The lowest BCUT2D eigenvalue weighted by molar-refractivity contribution is -0.114. The molecule has 0 aliphatic carbocycles. The van der Waals surface area contributed by atoms with Crippen LogP contribution in [0.5, 0.6) is 0 Å². The summed E-state index contributed by atoms with van der Waals surface area (Å²) < 4.78 is 5.81. The normalized spacial score (nSPS) is 18.8. The number of carbonyl (C=O) groups excluding carboxylic acids is 1. The van der Waals surface area contributed by atoms with E-state index in [0.717, 1.165) is 11.8 Å². The van der Waals surface area contributed by atoms with Crippen LogP contribution in [0.3, 0.4) is 0 Å². The van der Waals surface area contributed by atoms with Crippen LogP contribution in [0.1, 0.15) is 16.7 Å². The number of benzene rings is 1. The summed E-state index contributed by atoms with van der Waals surface area (Å²) in [5.74, 6) is 0.336. The van der Waals surface area contributed by atoms with Crippen LogP contribution in [0, 0.1) is 5.41 Å². The molecule has 8 heteroatoms. The van der Waals surface area contributed by atoms with Crippen molar-refractivity contribution in [1.29, 1.82) is 5.41 Å². The number of aromatic nitrogens is 1. The molecule has 0 amide bonds. The Kier molecular flexibility index (Phi) is 4.75. The van der Waals surface area contributed by atoms with Gasteiger partial charge in [0.2, 0.25) is 0 Å². The molecular weight excluding hydrogens is 411 g/mol. The zero-order chi connectivity index (χ0) is 18.3. The number of Topliss-reactive ketones (excluding diaryl/α,β-unsaturated/α-hetero) is 1. The highest BCUT2D eigenvalue weighted by atomic mass is 35.5. The van der Waals surface area contributed by atoms with Gasteiger partial charge in [-0.1, -0.05) is 41.0 Å². The zero-order valence-corrected chi connectivity index (χ0v) is 16.2. The molecule has 1 atom stereocenters. The van der Waals surface area contributed by atoms with Gasteiger partial charge in [-0.2, -0.15) is 0 Å². The van der Waals surface area contributed by atoms with Gasteiger partial charge in [-0.15, -0.1) is 11.3 Å². The Hall–Kier alpha value is -1.86. The Morgan fingerprint density at radius 1 is 1.23 bits per heavy atom. The van der Waals surface area contributed by atoms with Gasteiger partial charge >= 0.3 is 0 Å². The maximum atomic E-state index is 12.7. The van der Waals surface area contributed by atoms with E-state index in [9.17, 15) is 4.79 Å². The second kappa shape index (κ2) is 7.04. The van der Waals surface area contributed by atoms with Gasteiger partial charge in [-0.25, -0.2) is 4.98 Å². The van der Waals surface area contributed by atoms with Crippen LogP contribution >= 0.6 is 46.3 Å². The standard InChI is InChI=1S/C18H10Cl2N2O2S2/c19-11-3-1-2-10(15(11)20)12-5-4-9(24-12)8-13-16(23)14(17(21)26-13)18-22-6-7-25-18/h1-8,14,21H/b13-8-,21-17?/t14-/m1/s1. The van der Waals surface area contributed by atoms with Gasteiger partial charge < -0.3 is 4.42 Å². The molecule has 1 aliphatic heterocycles. The quantitative estimate of drug-likeness (QED) is 0.517. The lowest BCUT2D eigenvalue weighted by Crippen LogP contribution is -2.11. The van der Waals surface area contributed by atoms with Crippen LogP contribution in [0.4, 0.5) is 0 Å². The fraction of sp³-hybridized carbons (Fsp3) is 0.0556. The van der Waals surface area contributed by atoms with E-state index in [-0.39, 0.29) is 10.8 Å². The molecule has 2 aromatic heterocycles.